The highest BCUT2D eigenvalue weighted by Gasteiger charge is 2.23. The summed E-state index contributed by atoms with van der Waals surface area (Å²) >= 11 is 0. The lowest BCUT2D eigenvalue weighted by atomic mass is 10.1. The van der Waals surface area contributed by atoms with Crippen molar-refractivity contribution in [3.05, 3.63) is 53.3 Å². The van der Waals surface area contributed by atoms with Crippen LogP contribution in [0.15, 0.2) is 36.7 Å². The predicted molar refractivity (Wildman–Crippen MR) is 92.3 cm³/mol. The number of phenols is 1. The Kier molecular flexibility index (Phi) is 3.99. The molecule has 3 heterocycles. The minimum atomic E-state index is -0.362. The summed E-state index contributed by atoms with van der Waals surface area (Å²) in [4.78, 5) is 18.9. The van der Waals surface area contributed by atoms with Gasteiger partial charge in [-0.1, -0.05) is 12.1 Å². The van der Waals surface area contributed by atoms with Crippen molar-refractivity contribution in [1.82, 2.24) is 14.6 Å². The third-order valence-corrected chi connectivity index (χ3v) is 4.29. The van der Waals surface area contributed by atoms with Gasteiger partial charge in [0.2, 0.25) is 0 Å². The van der Waals surface area contributed by atoms with E-state index in [9.17, 15) is 15.2 Å². The lowest BCUT2D eigenvalue weighted by molar-refractivity contribution is 0.103. The number of nitriles is 1. The van der Waals surface area contributed by atoms with E-state index < -0.39 is 0 Å². The van der Waals surface area contributed by atoms with Gasteiger partial charge in [-0.2, -0.15) is 5.26 Å². The van der Waals surface area contributed by atoms with Gasteiger partial charge in [-0.25, -0.2) is 9.50 Å². The van der Waals surface area contributed by atoms with Crippen molar-refractivity contribution in [3.63, 3.8) is 0 Å². The molecule has 4 rings (SSSR count). The number of fused-ring (bicyclic) bond motifs is 1. The molecule has 1 aliphatic heterocycles. The summed E-state index contributed by atoms with van der Waals surface area (Å²) in [6.45, 7) is 2.43. The van der Waals surface area contributed by atoms with E-state index in [2.05, 4.69) is 16.2 Å². The number of ketones is 1. The number of carbonyl (C=O) groups excluding carboxylic acids is 1. The van der Waals surface area contributed by atoms with Crippen LogP contribution in [0.1, 0.15) is 21.5 Å². The molecule has 1 aliphatic rings. The lowest BCUT2D eigenvalue weighted by Crippen LogP contribution is -2.36. The molecule has 0 bridgehead atoms. The average Bonchev–Trinajstić information content (AvgIpc) is 3.06. The zero-order chi connectivity index (χ0) is 18.1. The Bertz CT molecular complexity index is 1030. The number of hydrogen-bond acceptors (Lipinski definition) is 7. The van der Waals surface area contributed by atoms with Crippen LogP contribution in [0.5, 0.6) is 5.75 Å². The van der Waals surface area contributed by atoms with Crippen LogP contribution in [0, 0.1) is 11.3 Å². The van der Waals surface area contributed by atoms with Gasteiger partial charge in [0.25, 0.3) is 0 Å². The summed E-state index contributed by atoms with van der Waals surface area (Å²) < 4.78 is 6.78. The number of morpholine rings is 1. The number of ether oxygens (including phenoxy) is 1. The fraction of sp³-hybridized carbons (Fsp3) is 0.222. The largest absolute Gasteiger partial charge is 0.507 e. The molecule has 3 aromatic rings. The van der Waals surface area contributed by atoms with Crippen molar-refractivity contribution in [2.75, 3.05) is 31.2 Å². The zero-order valence-corrected chi connectivity index (χ0v) is 13.8. The van der Waals surface area contributed by atoms with E-state index in [4.69, 9.17) is 4.74 Å². The Labute approximate surface area is 148 Å². The van der Waals surface area contributed by atoms with E-state index in [1.807, 2.05) is 4.90 Å². The standard InChI is InChI=1S/C18H15N5O3/c19-9-14-17-20-10-12(16(25)13-3-1-2-4-15(13)24)11-23(17)21-18(14)22-5-7-26-8-6-22/h1-4,10-11,24H,5-8H2. The third-order valence-electron chi connectivity index (χ3n) is 4.29. The molecule has 0 aliphatic carbocycles. The van der Waals surface area contributed by atoms with Crippen LogP contribution in [-0.2, 0) is 4.74 Å². The first-order chi connectivity index (χ1) is 12.7. The van der Waals surface area contributed by atoms with Gasteiger partial charge >= 0.3 is 0 Å². The summed E-state index contributed by atoms with van der Waals surface area (Å²) in [5.41, 5.74) is 1.23. The van der Waals surface area contributed by atoms with Gasteiger partial charge in [0.05, 0.1) is 24.3 Å². The lowest BCUT2D eigenvalue weighted by Gasteiger charge is -2.26. The van der Waals surface area contributed by atoms with Crippen molar-refractivity contribution in [1.29, 1.82) is 5.26 Å². The highest BCUT2D eigenvalue weighted by molar-refractivity contribution is 6.10. The van der Waals surface area contributed by atoms with Gasteiger partial charge in [0.15, 0.2) is 17.2 Å². The summed E-state index contributed by atoms with van der Waals surface area (Å²) in [6, 6.07) is 8.48. The van der Waals surface area contributed by atoms with E-state index in [0.29, 0.717) is 43.3 Å². The Morgan fingerprint density at radius 2 is 2.04 bits per heavy atom. The molecule has 8 nitrogen and oxygen atoms in total. The van der Waals surface area contributed by atoms with Gasteiger partial charge < -0.3 is 14.7 Å². The normalized spacial score (nSPS) is 14.3. The van der Waals surface area contributed by atoms with Gasteiger partial charge in [-0.05, 0) is 12.1 Å². The van der Waals surface area contributed by atoms with Crippen molar-refractivity contribution in [2.24, 2.45) is 0 Å². The number of benzene rings is 1. The van der Waals surface area contributed by atoms with Crippen LogP contribution in [0.25, 0.3) is 5.65 Å². The van der Waals surface area contributed by atoms with Gasteiger partial charge in [-0.3, -0.25) is 4.79 Å². The quantitative estimate of drug-likeness (QED) is 0.712. The zero-order valence-electron chi connectivity index (χ0n) is 13.8. The summed E-state index contributed by atoms with van der Waals surface area (Å²) in [5.74, 6) is 0.0830. The minimum absolute atomic E-state index is 0.0928. The van der Waals surface area contributed by atoms with E-state index >= 15 is 0 Å². The molecule has 0 atom stereocenters. The number of rotatable bonds is 3. The molecule has 1 N–H and O–H groups in total. The van der Waals surface area contributed by atoms with Gasteiger partial charge in [0.1, 0.15) is 17.4 Å². The third kappa shape index (κ3) is 2.64. The summed E-state index contributed by atoms with van der Waals surface area (Å²) in [6.07, 6.45) is 2.93. The maximum Gasteiger partial charge on any atom is 0.199 e. The van der Waals surface area contributed by atoms with Crippen LogP contribution in [0.3, 0.4) is 0 Å². The van der Waals surface area contributed by atoms with Crippen molar-refractivity contribution in [3.8, 4) is 11.8 Å². The monoisotopic (exact) mass is 349 g/mol. The molecule has 1 aromatic carbocycles. The second-order valence-electron chi connectivity index (χ2n) is 5.87. The Hall–Kier alpha value is -3.44. The van der Waals surface area contributed by atoms with E-state index in [1.165, 1.54) is 23.0 Å². The molecular weight excluding hydrogens is 334 g/mol. The van der Waals surface area contributed by atoms with E-state index in [0.717, 1.165) is 0 Å². The SMILES string of the molecule is N#Cc1c(N2CCOCC2)nn2cc(C(=O)c3ccccc3O)cnc12. The molecule has 0 amide bonds. The Morgan fingerprint density at radius 3 is 2.77 bits per heavy atom. The maximum atomic E-state index is 12.6. The maximum absolute atomic E-state index is 12.6. The van der Waals surface area contributed by atoms with Crippen molar-refractivity contribution < 1.29 is 14.6 Å². The molecule has 26 heavy (non-hydrogen) atoms. The highest BCUT2D eigenvalue weighted by Crippen LogP contribution is 2.24. The molecule has 1 saturated heterocycles. The number of phenolic OH excluding ortho intramolecular Hbond substituents is 1. The van der Waals surface area contributed by atoms with Crippen LogP contribution in [0.4, 0.5) is 5.82 Å². The highest BCUT2D eigenvalue weighted by atomic mass is 16.5. The summed E-state index contributed by atoms with van der Waals surface area (Å²) in [7, 11) is 0. The number of aromatic hydroxyl groups is 1. The molecule has 0 spiro atoms. The number of hydrogen-bond donors (Lipinski definition) is 1. The Balaban J connectivity index is 1.77. The van der Waals surface area contributed by atoms with Crippen LogP contribution < -0.4 is 4.90 Å². The molecule has 1 fully saturated rings. The Morgan fingerprint density at radius 1 is 1.27 bits per heavy atom. The van der Waals surface area contributed by atoms with E-state index in [-0.39, 0.29) is 22.7 Å². The van der Waals surface area contributed by atoms with Gasteiger partial charge in [-0.15, -0.1) is 5.10 Å². The molecule has 2 aromatic heterocycles. The van der Waals surface area contributed by atoms with Crippen molar-refractivity contribution >= 4 is 17.2 Å². The summed E-state index contributed by atoms with van der Waals surface area (Å²) in [5, 5.41) is 23.9. The number of anilines is 1. The first-order valence-corrected chi connectivity index (χ1v) is 8.13. The molecule has 0 radical (unpaired) electrons. The fourth-order valence-corrected chi connectivity index (χ4v) is 2.96. The molecule has 0 unspecified atom stereocenters. The smallest absolute Gasteiger partial charge is 0.199 e. The number of nitrogens with zero attached hydrogens (tertiary/aromatic N) is 5. The molecule has 8 heteroatoms. The van der Waals surface area contributed by atoms with Crippen molar-refractivity contribution in [2.45, 2.75) is 0 Å². The predicted octanol–water partition coefficient (Wildman–Crippen LogP) is 1.37. The fourth-order valence-electron chi connectivity index (χ4n) is 2.96. The van der Waals surface area contributed by atoms with Crippen LogP contribution >= 0.6 is 0 Å². The van der Waals surface area contributed by atoms with Crippen LogP contribution in [-0.4, -0.2) is 51.8 Å². The minimum Gasteiger partial charge on any atom is -0.507 e. The number of aromatic nitrogens is 3. The van der Waals surface area contributed by atoms with E-state index in [1.54, 1.807) is 18.2 Å². The first-order valence-electron chi connectivity index (χ1n) is 8.13. The second kappa shape index (κ2) is 6.46. The number of carbonyl (C=O) groups is 1. The number of para-hydroxylation sites is 1. The molecular formula is C18H15N5O3. The average molecular weight is 349 g/mol. The van der Waals surface area contributed by atoms with Crippen LogP contribution in [0.2, 0.25) is 0 Å². The molecule has 130 valence electrons. The first kappa shape index (κ1) is 16.1. The second-order valence-corrected chi connectivity index (χ2v) is 5.87. The van der Waals surface area contributed by atoms with Gasteiger partial charge in [0, 0.05) is 25.5 Å². The topological polar surface area (TPSA) is 104 Å². The molecule has 0 saturated carbocycles.